The number of H-pyrrole nitrogens is 1. The molecule has 7 nitrogen and oxygen atoms in total. The topological polar surface area (TPSA) is 92.7 Å². The first-order valence-electron chi connectivity index (χ1n) is 5.89. The summed E-state index contributed by atoms with van der Waals surface area (Å²) >= 11 is 1.51. The van der Waals surface area contributed by atoms with Crippen LogP contribution in [0.3, 0.4) is 0 Å². The van der Waals surface area contributed by atoms with Crippen LogP contribution in [0.25, 0.3) is 10.2 Å². The minimum absolute atomic E-state index is 0.206. The lowest BCUT2D eigenvalue weighted by atomic mass is 10.3. The Morgan fingerprint density at radius 3 is 2.95 bits per heavy atom. The van der Waals surface area contributed by atoms with Gasteiger partial charge >= 0.3 is 5.69 Å². The summed E-state index contributed by atoms with van der Waals surface area (Å²) in [7, 11) is 1.79. The first kappa shape index (κ1) is 12.5. The lowest BCUT2D eigenvalue weighted by molar-refractivity contribution is 0.690. The standard InChI is InChI=1S/C12H11N5O2S/c1-13-10-7-3-5-20-11(7)15-8(14-10)6-17-4-2-9(18)16-12(17)19/h2-5H,6H2,1H3,(H,13,14,15)(H,16,18,19). The fraction of sp³-hybridized carbons (Fsp3) is 0.167. The average molecular weight is 289 g/mol. The van der Waals surface area contributed by atoms with Crippen LogP contribution in [0.1, 0.15) is 5.82 Å². The van der Waals surface area contributed by atoms with E-state index in [2.05, 4.69) is 20.3 Å². The predicted molar refractivity (Wildman–Crippen MR) is 77.4 cm³/mol. The molecule has 0 saturated heterocycles. The van der Waals surface area contributed by atoms with Crippen molar-refractivity contribution in [1.82, 2.24) is 19.5 Å². The Hall–Kier alpha value is -2.48. The zero-order chi connectivity index (χ0) is 14.1. The van der Waals surface area contributed by atoms with Gasteiger partial charge < -0.3 is 5.32 Å². The maximum absolute atomic E-state index is 11.7. The Morgan fingerprint density at radius 1 is 1.35 bits per heavy atom. The third-order valence-electron chi connectivity index (χ3n) is 2.82. The van der Waals surface area contributed by atoms with Crippen molar-refractivity contribution in [3.63, 3.8) is 0 Å². The second-order valence-corrected chi connectivity index (χ2v) is 5.01. The first-order chi connectivity index (χ1) is 9.67. The van der Waals surface area contributed by atoms with E-state index >= 15 is 0 Å². The molecule has 8 heteroatoms. The van der Waals surface area contributed by atoms with Crippen molar-refractivity contribution in [2.24, 2.45) is 0 Å². The molecule has 3 aromatic heterocycles. The Morgan fingerprint density at radius 2 is 2.20 bits per heavy atom. The Balaban J connectivity index is 2.06. The molecule has 0 saturated carbocycles. The van der Waals surface area contributed by atoms with E-state index < -0.39 is 11.2 Å². The van der Waals surface area contributed by atoms with Crippen LogP contribution in [0.15, 0.2) is 33.3 Å². The molecule has 102 valence electrons. The van der Waals surface area contributed by atoms with E-state index in [1.807, 2.05) is 11.4 Å². The molecule has 0 unspecified atom stereocenters. The number of aromatic nitrogens is 4. The second kappa shape index (κ2) is 4.89. The van der Waals surface area contributed by atoms with Crippen LogP contribution in [-0.4, -0.2) is 26.6 Å². The van der Waals surface area contributed by atoms with Crippen molar-refractivity contribution in [2.45, 2.75) is 6.54 Å². The fourth-order valence-electron chi connectivity index (χ4n) is 1.88. The Kier molecular flexibility index (Phi) is 3.07. The molecular weight excluding hydrogens is 278 g/mol. The van der Waals surface area contributed by atoms with Gasteiger partial charge in [-0.05, 0) is 11.4 Å². The van der Waals surface area contributed by atoms with Gasteiger partial charge in [-0.25, -0.2) is 14.8 Å². The Labute approximate surface area is 117 Å². The van der Waals surface area contributed by atoms with Crippen LogP contribution in [0, 0.1) is 0 Å². The van der Waals surface area contributed by atoms with Gasteiger partial charge in [0.15, 0.2) is 5.82 Å². The van der Waals surface area contributed by atoms with Gasteiger partial charge in [0.1, 0.15) is 10.6 Å². The van der Waals surface area contributed by atoms with Crippen LogP contribution in [-0.2, 0) is 6.54 Å². The first-order valence-corrected chi connectivity index (χ1v) is 6.77. The summed E-state index contributed by atoms with van der Waals surface area (Å²) in [6, 6.07) is 3.24. The van der Waals surface area contributed by atoms with Crippen LogP contribution < -0.4 is 16.6 Å². The minimum Gasteiger partial charge on any atom is -0.372 e. The number of hydrogen-bond donors (Lipinski definition) is 2. The molecule has 0 fully saturated rings. The van der Waals surface area contributed by atoms with E-state index in [0.29, 0.717) is 5.82 Å². The molecule has 20 heavy (non-hydrogen) atoms. The molecule has 0 aliphatic heterocycles. The second-order valence-electron chi connectivity index (χ2n) is 4.12. The average Bonchev–Trinajstić information content (AvgIpc) is 2.89. The number of aromatic amines is 1. The highest BCUT2D eigenvalue weighted by Gasteiger charge is 2.08. The van der Waals surface area contributed by atoms with E-state index in [4.69, 9.17) is 0 Å². The lowest BCUT2D eigenvalue weighted by Gasteiger charge is -2.06. The van der Waals surface area contributed by atoms with Crippen molar-refractivity contribution in [2.75, 3.05) is 12.4 Å². The van der Waals surface area contributed by atoms with Crippen molar-refractivity contribution in [3.05, 3.63) is 50.4 Å². The molecule has 0 spiro atoms. The molecule has 0 aliphatic carbocycles. The van der Waals surface area contributed by atoms with Gasteiger partial charge in [0, 0.05) is 19.3 Å². The summed E-state index contributed by atoms with van der Waals surface area (Å²) in [5.74, 6) is 1.24. The number of nitrogens with zero attached hydrogens (tertiary/aromatic N) is 3. The molecule has 0 amide bonds. The van der Waals surface area contributed by atoms with Gasteiger partial charge in [-0.2, -0.15) is 0 Å². The summed E-state index contributed by atoms with van der Waals surface area (Å²) in [6.45, 7) is 0.206. The molecule has 3 heterocycles. The van der Waals surface area contributed by atoms with Crippen molar-refractivity contribution < 1.29 is 0 Å². The quantitative estimate of drug-likeness (QED) is 0.738. The largest absolute Gasteiger partial charge is 0.372 e. The SMILES string of the molecule is CNc1nc(Cn2ccc(=O)[nH]c2=O)nc2sccc12. The van der Waals surface area contributed by atoms with Crippen LogP contribution in [0.2, 0.25) is 0 Å². The monoisotopic (exact) mass is 289 g/mol. The third kappa shape index (κ3) is 2.21. The fourth-order valence-corrected chi connectivity index (χ4v) is 2.66. The zero-order valence-corrected chi connectivity index (χ0v) is 11.4. The number of rotatable bonds is 3. The zero-order valence-electron chi connectivity index (χ0n) is 10.6. The maximum atomic E-state index is 11.7. The van der Waals surface area contributed by atoms with E-state index in [0.717, 1.165) is 16.0 Å². The Bertz CT molecular complexity index is 879. The van der Waals surface area contributed by atoms with Crippen molar-refractivity contribution in [1.29, 1.82) is 0 Å². The number of thiophene rings is 1. The van der Waals surface area contributed by atoms with E-state index in [1.54, 1.807) is 7.05 Å². The van der Waals surface area contributed by atoms with E-state index in [9.17, 15) is 9.59 Å². The van der Waals surface area contributed by atoms with Crippen LogP contribution in [0.4, 0.5) is 5.82 Å². The van der Waals surface area contributed by atoms with Crippen molar-refractivity contribution >= 4 is 27.4 Å². The predicted octanol–water partition coefficient (Wildman–Crippen LogP) is 0.631. The van der Waals surface area contributed by atoms with Gasteiger partial charge in [0.2, 0.25) is 0 Å². The number of hydrogen-bond acceptors (Lipinski definition) is 6. The molecule has 0 atom stereocenters. The molecule has 0 radical (unpaired) electrons. The molecule has 0 bridgehead atoms. The summed E-state index contributed by atoms with van der Waals surface area (Å²) in [5, 5.41) is 5.91. The minimum atomic E-state index is -0.474. The van der Waals surface area contributed by atoms with Gasteiger partial charge in [0.05, 0.1) is 11.9 Å². The third-order valence-corrected chi connectivity index (χ3v) is 3.62. The van der Waals surface area contributed by atoms with E-state index in [1.165, 1.54) is 28.2 Å². The summed E-state index contributed by atoms with van der Waals surface area (Å²) in [6.07, 6.45) is 1.43. The van der Waals surface area contributed by atoms with Crippen LogP contribution >= 0.6 is 11.3 Å². The van der Waals surface area contributed by atoms with E-state index in [-0.39, 0.29) is 6.54 Å². The van der Waals surface area contributed by atoms with Gasteiger partial charge in [-0.3, -0.25) is 14.3 Å². The number of anilines is 1. The highest BCUT2D eigenvalue weighted by Crippen LogP contribution is 2.24. The van der Waals surface area contributed by atoms with Crippen LogP contribution in [0.5, 0.6) is 0 Å². The summed E-state index contributed by atoms with van der Waals surface area (Å²) < 4.78 is 1.36. The molecule has 3 rings (SSSR count). The number of fused-ring (bicyclic) bond motifs is 1. The maximum Gasteiger partial charge on any atom is 0.328 e. The number of nitrogens with one attached hydrogen (secondary N) is 2. The van der Waals surface area contributed by atoms with Gasteiger partial charge in [0.25, 0.3) is 5.56 Å². The lowest BCUT2D eigenvalue weighted by Crippen LogP contribution is -2.29. The summed E-state index contributed by atoms with van der Waals surface area (Å²) in [5.41, 5.74) is -0.893. The molecule has 3 aromatic rings. The van der Waals surface area contributed by atoms with Gasteiger partial charge in [-0.15, -0.1) is 11.3 Å². The van der Waals surface area contributed by atoms with Gasteiger partial charge in [-0.1, -0.05) is 0 Å². The smallest absolute Gasteiger partial charge is 0.328 e. The normalized spacial score (nSPS) is 10.8. The molecular formula is C12H11N5O2S. The highest BCUT2D eigenvalue weighted by atomic mass is 32.1. The van der Waals surface area contributed by atoms with Crippen molar-refractivity contribution in [3.8, 4) is 0 Å². The summed E-state index contributed by atoms with van der Waals surface area (Å²) in [4.78, 5) is 34.5. The molecule has 0 aromatic carbocycles. The molecule has 2 N–H and O–H groups in total. The highest BCUT2D eigenvalue weighted by molar-refractivity contribution is 7.16. The molecule has 0 aliphatic rings.